The molecule has 0 amide bonds. The van der Waals surface area contributed by atoms with Gasteiger partial charge in [0.15, 0.2) is 10.8 Å². The Morgan fingerprint density at radius 1 is 1.32 bits per heavy atom. The van der Waals surface area contributed by atoms with Crippen LogP contribution in [0.15, 0.2) is 28.2 Å². The Hall–Kier alpha value is -1.17. The van der Waals surface area contributed by atoms with Gasteiger partial charge in [0.25, 0.3) is 0 Å². The molecule has 1 N–H and O–H groups in total. The zero-order chi connectivity index (χ0) is 14.8. The first-order valence-electron chi connectivity index (χ1n) is 8.32. The van der Waals surface area contributed by atoms with Crippen LogP contribution in [-0.2, 0) is 6.54 Å². The Morgan fingerprint density at radius 2 is 2.23 bits per heavy atom. The summed E-state index contributed by atoms with van der Waals surface area (Å²) >= 11 is 1.68. The summed E-state index contributed by atoms with van der Waals surface area (Å²) in [4.78, 5) is 7.26. The van der Waals surface area contributed by atoms with Gasteiger partial charge in [0.1, 0.15) is 0 Å². The minimum atomic E-state index is 0.784. The lowest BCUT2D eigenvalue weighted by atomic mass is 9.88. The number of hydrogen-bond donors (Lipinski definition) is 1. The Bertz CT molecular complexity index is 581. The summed E-state index contributed by atoms with van der Waals surface area (Å²) in [5.74, 6) is 1.76. The Labute approximate surface area is 135 Å². The van der Waals surface area contributed by atoms with Crippen LogP contribution in [0.25, 0.3) is 10.8 Å². The summed E-state index contributed by atoms with van der Waals surface area (Å²) in [6.45, 7) is 4.61. The first-order chi connectivity index (χ1) is 10.9. The number of hydrogen-bond acceptors (Lipinski definition) is 5. The first kappa shape index (κ1) is 14.4. The molecule has 2 aromatic rings. The van der Waals surface area contributed by atoms with E-state index in [1.165, 1.54) is 51.0 Å². The Morgan fingerprint density at radius 3 is 2.95 bits per heavy atom. The quantitative estimate of drug-likeness (QED) is 0.939. The lowest BCUT2D eigenvalue weighted by Crippen LogP contribution is -2.40. The van der Waals surface area contributed by atoms with Gasteiger partial charge in [-0.3, -0.25) is 4.90 Å². The molecule has 0 bridgehead atoms. The smallest absolute Gasteiger partial charge is 0.162 e. The van der Waals surface area contributed by atoms with Crippen LogP contribution in [-0.4, -0.2) is 35.6 Å². The van der Waals surface area contributed by atoms with E-state index in [2.05, 4.69) is 15.6 Å². The highest BCUT2D eigenvalue weighted by Crippen LogP contribution is 2.28. The predicted molar refractivity (Wildman–Crippen MR) is 88.8 cm³/mol. The molecule has 0 aliphatic carbocycles. The number of aromatic nitrogens is 1. The van der Waals surface area contributed by atoms with Crippen molar-refractivity contribution in [2.75, 3.05) is 19.6 Å². The molecule has 1 atom stereocenters. The molecule has 2 fully saturated rings. The van der Waals surface area contributed by atoms with Crippen LogP contribution in [0.3, 0.4) is 0 Å². The maximum absolute atomic E-state index is 5.42. The van der Waals surface area contributed by atoms with Gasteiger partial charge >= 0.3 is 0 Å². The Balaban J connectivity index is 1.31. The second-order valence-corrected chi connectivity index (χ2v) is 7.30. The maximum atomic E-state index is 5.42. The van der Waals surface area contributed by atoms with E-state index in [1.54, 1.807) is 17.6 Å². The third-order valence-corrected chi connectivity index (χ3v) is 5.87. The minimum absolute atomic E-state index is 0.784. The first-order valence-corrected chi connectivity index (χ1v) is 9.20. The number of thiazole rings is 1. The molecule has 5 heteroatoms. The number of nitrogens with zero attached hydrogens (tertiary/aromatic N) is 2. The fraction of sp³-hybridized carbons (Fsp3) is 0.588. The lowest BCUT2D eigenvalue weighted by molar-refractivity contribution is 0.156. The third-order valence-electron chi connectivity index (χ3n) is 4.97. The van der Waals surface area contributed by atoms with Crippen LogP contribution in [0.2, 0.25) is 0 Å². The molecule has 4 heterocycles. The van der Waals surface area contributed by atoms with E-state index in [0.29, 0.717) is 0 Å². The van der Waals surface area contributed by atoms with Gasteiger partial charge in [-0.1, -0.05) is 0 Å². The Kier molecular flexibility index (Phi) is 4.28. The monoisotopic (exact) mass is 317 g/mol. The molecular formula is C17H23N3OS. The van der Waals surface area contributed by atoms with Crippen LogP contribution in [0.1, 0.15) is 31.4 Å². The summed E-state index contributed by atoms with van der Waals surface area (Å²) in [6, 6.07) is 4.67. The normalized spacial score (nSPS) is 24.1. The van der Waals surface area contributed by atoms with Crippen LogP contribution in [0.4, 0.5) is 0 Å². The topological polar surface area (TPSA) is 41.3 Å². The van der Waals surface area contributed by atoms with Crippen molar-refractivity contribution in [2.45, 2.75) is 38.3 Å². The number of rotatable bonds is 4. The summed E-state index contributed by atoms with van der Waals surface area (Å²) in [5.41, 5.74) is 1.17. The van der Waals surface area contributed by atoms with E-state index in [0.717, 1.165) is 29.3 Å². The van der Waals surface area contributed by atoms with Crippen molar-refractivity contribution >= 4 is 11.3 Å². The van der Waals surface area contributed by atoms with Crippen molar-refractivity contribution in [1.82, 2.24) is 15.2 Å². The molecule has 2 aliphatic rings. The zero-order valence-corrected chi connectivity index (χ0v) is 13.6. The standard InChI is InChI=1S/C17H23N3OS/c1-3-15(18-7-1)13-5-8-20(9-6-13)11-14-12-22-17(19-14)16-4-2-10-21-16/h2,4,10,12-13,15,18H,1,3,5-9,11H2. The largest absolute Gasteiger partial charge is 0.462 e. The average molecular weight is 317 g/mol. The van der Waals surface area contributed by atoms with E-state index in [-0.39, 0.29) is 0 Å². The van der Waals surface area contributed by atoms with E-state index < -0.39 is 0 Å². The molecule has 4 rings (SSSR count). The van der Waals surface area contributed by atoms with Crippen molar-refractivity contribution in [3.05, 3.63) is 29.5 Å². The molecule has 2 aromatic heterocycles. The molecule has 0 radical (unpaired) electrons. The van der Waals surface area contributed by atoms with Crippen LogP contribution >= 0.6 is 11.3 Å². The fourth-order valence-electron chi connectivity index (χ4n) is 3.75. The molecule has 0 spiro atoms. The number of nitrogens with one attached hydrogen (secondary N) is 1. The van der Waals surface area contributed by atoms with Gasteiger partial charge in [0.05, 0.1) is 12.0 Å². The summed E-state index contributed by atoms with van der Waals surface area (Å²) in [6.07, 6.45) is 7.10. The summed E-state index contributed by atoms with van der Waals surface area (Å²) in [5, 5.41) is 6.83. The van der Waals surface area contributed by atoms with Gasteiger partial charge in [-0.2, -0.15) is 0 Å². The van der Waals surface area contributed by atoms with Gasteiger partial charge in [-0.25, -0.2) is 4.98 Å². The van der Waals surface area contributed by atoms with E-state index in [1.807, 2.05) is 12.1 Å². The van der Waals surface area contributed by atoms with Gasteiger partial charge in [0, 0.05) is 18.0 Å². The van der Waals surface area contributed by atoms with Crippen molar-refractivity contribution in [2.24, 2.45) is 5.92 Å². The van der Waals surface area contributed by atoms with Crippen molar-refractivity contribution in [3.63, 3.8) is 0 Å². The van der Waals surface area contributed by atoms with Crippen LogP contribution in [0, 0.1) is 5.92 Å². The van der Waals surface area contributed by atoms with E-state index >= 15 is 0 Å². The van der Waals surface area contributed by atoms with Crippen LogP contribution < -0.4 is 5.32 Å². The maximum Gasteiger partial charge on any atom is 0.162 e. The van der Waals surface area contributed by atoms with E-state index in [9.17, 15) is 0 Å². The van der Waals surface area contributed by atoms with Gasteiger partial charge in [-0.15, -0.1) is 11.3 Å². The molecule has 4 nitrogen and oxygen atoms in total. The van der Waals surface area contributed by atoms with Crippen LogP contribution in [0.5, 0.6) is 0 Å². The summed E-state index contributed by atoms with van der Waals surface area (Å²) in [7, 11) is 0. The predicted octanol–water partition coefficient (Wildman–Crippen LogP) is 3.37. The van der Waals surface area contributed by atoms with Gasteiger partial charge < -0.3 is 9.73 Å². The summed E-state index contributed by atoms with van der Waals surface area (Å²) < 4.78 is 5.42. The van der Waals surface area contributed by atoms with E-state index in [4.69, 9.17) is 9.40 Å². The molecule has 0 aromatic carbocycles. The SMILES string of the molecule is c1coc(-c2nc(CN3CCC(C4CCCN4)CC3)cs2)c1. The van der Waals surface area contributed by atoms with Gasteiger partial charge in [0.2, 0.25) is 0 Å². The molecule has 2 aliphatic heterocycles. The fourth-order valence-corrected chi connectivity index (χ4v) is 4.53. The van der Waals surface area contributed by atoms with Gasteiger partial charge in [-0.05, 0) is 63.4 Å². The molecule has 1 unspecified atom stereocenters. The minimum Gasteiger partial charge on any atom is -0.462 e. The number of piperidine rings is 1. The zero-order valence-electron chi connectivity index (χ0n) is 12.8. The second-order valence-electron chi connectivity index (χ2n) is 6.44. The third kappa shape index (κ3) is 3.12. The van der Waals surface area contributed by atoms with Crippen molar-refractivity contribution in [3.8, 4) is 10.8 Å². The molecule has 0 saturated carbocycles. The highest BCUT2D eigenvalue weighted by atomic mass is 32.1. The number of likely N-dealkylation sites (tertiary alicyclic amines) is 1. The second kappa shape index (κ2) is 6.52. The highest BCUT2D eigenvalue weighted by Gasteiger charge is 2.28. The molecule has 22 heavy (non-hydrogen) atoms. The number of furan rings is 1. The average Bonchev–Trinajstić information content (AvgIpc) is 3.30. The molecule has 2 saturated heterocycles. The van der Waals surface area contributed by atoms with Crippen molar-refractivity contribution < 1.29 is 4.42 Å². The highest BCUT2D eigenvalue weighted by molar-refractivity contribution is 7.13. The molecule has 118 valence electrons. The molecular weight excluding hydrogens is 294 g/mol. The lowest BCUT2D eigenvalue weighted by Gasteiger charge is -2.34. The van der Waals surface area contributed by atoms with Crippen molar-refractivity contribution in [1.29, 1.82) is 0 Å².